The molecule has 0 bridgehead atoms. The molecule has 1 heterocycles. The molecule has 0 aliphatic rings. The van der Waals surface area contributed by atoms with Crippen LogP contribution in [-0.2, 0) is 0 Å². The molecule has 1 aromatic heterocycles. The number of pyridine rings is 1. The fourth-order valence-corrected chi connectivity index (χ4v) is 1.54. The zero-order valence-electron chi connectivity index (χ0n) is 8.34. The second-order valence-corrected chi connectivity index (χ2v) is 3.42. The summed E-state index contributed by atoms with van der Waals surface area (Å²) in [5.41, 5.74) is 1.29. The highest BCUT2D eigenvalue weighted by atomic mass is 16.3. The lowest BCUT2D eigenvalue weighted by Crippen LogP contribution is -2.16. The lowest BCUT2D eigenvalue weighted by molar-refractivity contribution is 0.0781. The summed E-state index contributed by atoms with van der Waals surface area (Å²) in [6, 6.07) is 9.03. The van der Waals surface area contributed by atoms with Gasteiger partial charge in [-0.2, -0.15) is 0 Å². The van der Waals surface area contributed by atoms with Crippen molar-refractivity contribution in [3.63, 3.8) is 0 Å². The van der Waals surface area contributed by atoms with Gasteiger partial charge in [-0.25, -0.2) is 0 Å². The number of Topliss-reactive ketones (excluding diaryl/α,β-unsaturated/α-hetero) is 1. The predicted molar refractivity (Wildman–Crippen MR) is 57.8 cm³/mol. The highest BCUT2D eigenvalue weighted by Gasteiger charge is 2.14. The van der Waals surface area contributed by atoms with E-state index in [9.17, 15) is 9.90 Å². The van der Waals surface area contributed by atoms with E-state index in [0.717, 1.165) is 10.9 Å². The number of carbonyl (C=O) groups excluding carboxylic acids is 1. The second kappa shape index (κ2) is 3.79. The molecule has 0 radical (unpaired) electrons. The normalized spacial score (nSPS) is 12.7. The average Bonchev–Trinajstić information content (AvgIpc) is 2.27. The zero-order chi connectivity index (χ0) is 10.8. The minimum Gasteiger partial charge on any atom is -0.385 e. The Bertz CT molecular complexity index is 500. The van der Waals surface area contributed by atoms with E-state index < -0.39 is 6.10 Å². The van der Waals surface area contributed by atoms with Gasteiger partial charge in [-0.05, 0) is 19.1 Å². The van der Waals surface area contributed by atoms with Crippen LogP contribution in [-0.4, -0.2) is 22.0 Å². The molecule has 2 rings (SSSR count). The van der Waals surface area contributed by atoms with E-state index in [1.54, 1.807) is 12.3 Å². The number of aromatic nitrogens is 1. The lowest BCUT2D eigenvalue weighted by Gasteiger charge is -2.06. The standard InChI is InChI=1S/C12H11NO2/c1-8(14)12(15)10-6-7-13-11-5-3-2-4-9(10)11/h2-8,14H,1H3. The van der Waals surface area contributed by atoms with E-state index in [1.165, 1.54) is 6.92 Å². The van der Waals surface area contributed by atoms with E-state index in [0.29, 0.717) is 5.56 Å². The Hall–Kier alpha value is -1.74. The smallest absolute Gasteiger partial charge is 0.191 e. The fraction of sp³-hybridized carbons (Fsp3) is 0.167. The van der Waals surface area contributed by atoms with Crippen molar-refractivity contribution in [2.75, 3.05) is 0 Å². The van der Waals surface area contributed by atoms with Gasteiger partial charge < -0.3 is 5.11 Å². The van der Waals surface area contributed by atoms with Gasteiger partial charge >= 0.3 is 0 Å². The van der Waals surface area contributed by atoms with Crippen molar-refractivity contribution >= 4 is 16.7 Å². The van der Waals surface area contributed by atoms with Crippen LogP contribution >= 0.6 is 0 Å². The maximum atomic E-state index is 11.7. The highest BCUT2D eigenvalue weighted by Crippen LogP contribution is 2.17. The number of rotatable bonds is 2. The van der Waals surface area contributed by atoms with Crippen LogP contribution in [0.25, 0.3) is 10.9 Å². The first-order valence-electron chi connectivity index (χ1n) is 4.76. The van der Waals surface area contributed by atoms with E-state index >= 15 is 0 Å². The molecule has 15 heavy (non-hydrogen) atoms. The molecule has 1 N–H and O–H groups in total. The molecular weight excluding hydrogens is 190 g/mol. The number of nitrogens with zero attached hydrogens (tertiary/aromatic N) is 1. The van der Waals surface area contributed by atoms with Gasteiger partial charge in [0.25, 0.3) is 0 Å². The SMILES string of the molecule is CC(O)C(=O)c1ccnc2ccccc12. The quantitative estimate of drug-likeness (QED) is 0.754. The Morgan fingerprint density at radius 1 is 1.33 bits per heavy atom. The van der Waals surface area contributed by atoms with E-state index in [4.69, 9.17) is 0 Å². The third-order valence-corrected chi connectivity index (χ3v) is 2.29. The van der Waals surface area contributed by atoms with Gasteiger partial charge in [0, 0.05) is 17.1 Å². The van der Waals surface area contributed by atoms with Gasteiger partial charge in [-0.1, -0.05) is 18.2 Å². The van der Waals surface area contributed by atoms with Crippen molar-refractivity contribution in [2.24, 2.45) is 0 Å². The molecule has 0 amide bonds. The number of benzene rings is 1. The summed E-state index contributed by atoms with van der Waals surface area (Å²) in [6.45, 7) is 1.47. The molecular formula is C12H11NO2. The van der Waals surface area contributed by atoms with Crippen molar-refractivity contribution in [1.82, 2.24) is 4.98 Å². The number of aliphatic hydroxyl groups is 1. The third kappa shape index (κ3) is 1.74. The minimum atomic E-state index is -0.976. The van der Waals surface area contributed by atoms with E-state index in [2.05, 4.69) is 4.98 Å². The Kier molecular flexibility index (Phi) is 2.47. The Morgan fingerprint density at radius 2 is 2.07 bits per heavy atom. The highest BCUT2D eigenvalue weighted by molar-refractivity contribution is 6.08. The summed E-state index contributed by atoms with van der Waals surface area (Å²) in [5, 5.41) is 10.0. The number of hydrogen-bond acceptors (Lipinski definition) is 3. The molecule has 1 atom stereocenters. The van der Waals surface area contributed by atoms with Gasteiger partial charge in [0.05, 0.1) is 5.52 Å². The summed E-state index contributed by atoms with van der Waals surface area (Å²) < 4.78 is 0. The molecule has 0 fully saturated rings. The fourth-order valence-electron chi connectivity index (χ4n) is 1.54. The number of aliphatic hydroxyl groups excluding tert-OH is 1. The van der Waals surface area contributed by atoms with E-state index in [-0.39, 0.29) is 5.78 Å². The second-order valence-electron chi connectivity index (χ2n) is 3.42. The summed E-state index contributed by atoms with van der Waals surface area (Å²) in [6.07, 6.45) is 0.605. The maximum Gasteiger partial charge on any atom is 0.191 e. The molecule has 0 aliphatic heterocycles. The summed E-state index contributed by atoms with van der Waals surface area (Å²) in [7, 11) is 0. The van der Waals surface area contributed by atoms with Crippen molar-refractivity contribution in [3.05, 3.63) is 42.1 Å². The topological polar surface area (TPSA) is 50.2 Å². The molecule has 0 saturated carbocycles. The van der Waals surface area contributed by atoms with Crippen LogP contribution in [0.3, 0.4) is 0 Å². The average molecular weight is 201 g/mol. The molecule has 0 saturated heterocycles. The first kappa shape index (κ1) is 9.80. The number of fused-ring (bicyclic) bond motifs is 1. The summed E-state index contributed by atoms with van der Waals surface area (Å²) in [4.78, 5) is 15.8. The number of carbonyl (C=O) groups is 1. The summed E-state index contributed by atoms with van der Waals surface area (Å²) in [5.74, 6) is -0.270. The molecule has 76 valence electrons. The van der Waals surface area contributed by atoms with Gasteiger partial charge in [0.2, 0.25) is 0 Å². The monoisotopic (exact) mass is 201 g/mol. The zero-order valence-corrected chi connectivity index (χ0v) is 8.34. The van der Waals surface area contributed by atoms with Crippen molar-refractivity contribution in [3.8, 4) is 0 Å². The molecule has 0 spiro atoms. The van der Waals surface area contributed by atoms with Gasteiger partial charge in [-0.3, -0.25) is 9.78 Å². The molecule has 3 nitrogen and oxygen atoms in total. The molecule has 1 aromatic carbocycles. The van der Waals surface area contributed by atoms with Crippen LogP contribution in [0.4, 0.5) is 0 Å². The first-order valence-corrected chi connectivity index (χ1v) is 4.76. The molecule has 0 aliphatic carbocycles. The predicted octanol–water partition coefficient (Wildman–Crippen LogP) is 1.80. The van der Waals surface area contributed by atoms with Gasteiger partial charge in [-0.15, -0.1) is 0 Å². The Balaban J connectivity index is 2.66. The van der Waals surface area contributed by atoms with Crippen molar-refractivity contribution in [2.45, 2.75) is 13.0 Å². The van der Waals surface area contributed by atoms with Crippen LogP contribution in [0.1, 0.15) is 17.3 Å². The number of hydrogen-bond donors (Lipinski definition) is 1. The maximum absolute atomic E-state index is 11.7. The minimum absolute atomic E-state index is 0.270. The van der Waals surface area contributed by atoms with Crippen molar-refractivity contribution in [1.29, 1.82) is 0 Å². The van der Waals surface area contributed by atoms with Crippen molar-refractivity contribution < 1.29 is 9.90 Å². The number of para-hydroxylation sites is 1. The van der Waals surface area contributed by atoms with Crippen LogP contribution in [0.2, 0.25) is 0 Å². The third-order valence-electron chi connectivity index (χ3n) is 2.29. The molecule has 3 heteroatoms. The first-order chi connectivity index (χ1) is 7.20. The largest absolute Gasteiger partial charge is 0.385 e. The summed E-state index contributed by atoms with van der Waals surface area (Å²) >= 11 is 0. The molecule has 1 unspecified atom stereocenters. The van der Waals surface area contributed by atoms with E-state index in [1.807, 2.05) is 24.3 Å². The number of ketones is 1. The Labute approximate surface area is 87.4 Å². The van der Waals surface area contributed by atoms with Gasteiger partial charge in [0.1, 0.15) is 6.10 Å². The van der Waals surface area contributed by atoms with Crippen LogP contribution in [0.5, 0.6) is 0 Å². The van der Waals surface area contributed by atoms with Crippen LogP contribution < -0.4 is 0 Å². The van der Waals surface area contributed by atoms with Crippen LogP contribution in [0, 0.1) is 0 Å². The Morgan fingerprint density at radius 3 is 2.80 bits per heavy atom. The van der Waals surface area contributed by atoms with Gasteiger partial charge in [0.15, 0.2) is 5.78 Å². The lowest BCUT2D eigenvalue weighted by atomic mass is 10.0. The van der Waals surface area contributed by atoms with Crippen LogP contribution in [0.15, 0.2) is 36.5 Å². The molecule has 2 aromatic rings.